The number of hydrogen-bond donors (Lipinski definition) is 1. The predicted molar refractivity (Wildman–Crippen MR) is 65.6 cm³/mol. The van der Waals surface area contributed by atoms with E-state index in [0.717, 1.165) is 17.3 Å². The van der Waals surface area contributed by atoms with E-state index in [-0.39, 0.29) is 12.1 Å². The van der Waals surface area contributed by atoms with Crippen LogP contribution in [0.15, 0.2) is 18.2 Å². The molecule has 5 heteroatoms. The van der Waals surface area contributed by atoms with Crippen LogP contribution in [0.25, 0.3) is 0 Å². The molecular formula is C13H17F3N2. The van der Waals surface area contributed by atoms with Gasteiger partial charge in [-0.2, -0.15) is 13.2 Å². The largest absolute Gasteiger partial charge is 0.416 e. The van der Waals surface area contributed by atoms with E-state index in [2.05, 4.69) is 4.90 Å². The highest BCUT2D eigenvalue weighted by Gasteiger charge is 2.35. The second kappa shape index (κ2) is 4.46. The van der Waals surface area contributed by atoms with Crippen LogP contribution in [0, 0.1) is 0 Å². The van der Waals surface area contributed by atoms with Gasteiger partial charge in [-0.3, -0.25) is 0 Å². The molecule has 1 atom stereocenters. The smallest absolute Gasteiger partial charge is 0.364 e. The Kier molecular flexibility index (Phi) is 3.27. The minimum Gasteiger partial charge on any atom is -0.364 e. The van der Waals surface area contributed by atoms with Crippen molar-refractivity contribution in [3.05, 3.63) is 29.3 Å². The van der Waals surface area contributed by atoms with E-state index in [0.29, 0.717) is 13.0 Å². The quantitative estimate of drug-likeness (QED) is 0.883. The van der Waals surface area contributed by atoms with E-state index in [1.54, 1.807) is 6.07 Å². The van der Waals surface area contributed by atoms with Crippen molar-refractivity contribution in [3.8, 4) is 0 Å². The van der Waals surface area contributed by atoms with Gasteiger partial charge in [0, 0.05) is 24.3 Å². The first-order chi connectivity index (χ1) is 8.34. The van der Waals surface area contributed by atoms with Crippen LogP contribution in [0.1, 0.15) is 25.0 Å². The third-order valence-corrected chi connectivity index (χ3v) is 3.36. The number of nitrogens with zero attached hydrogens (tertiary/aromatic N) is 1. The molecule has 0 bridgehead atoms. The van der Waals surface area contributed by atoms with E-state index in [1.807, 2.05) is 13.8 Å². The van der Waals surface area contributed by atoms with Crippen molar-refractivity contribution in [2.24, 2.45) is 5.73 Å². The third kappa shape index (κ3) is 2.19. The molecule has 100 valence electrons. The highest BCUT2D eigenvalue weighted by Crippen LogP contribution is 2.38. The van der Waals surface area contributed by atoms with Gasteiger partial charge >= 0.3 is 6.18 Å². The molecule has 2 nitrogen and oxygen atoms in total. The van der Waals surface area contributed by atoms with Gasteiger partial charge in [-0.05, 0) is 44.0 Å². The average Bonchev–Trinajstić information content (AvgIpc) is 2.64. The van der Waals surface area contributed by atoms with Crippen molar-refractivity contribution in [1.29, 1.82) is 0 Å². The SMILES string of the molecule is CC(C)N1c2ccc(C(F)(F)F)cc2CC1CN. The van der Waals surface area contributed by atoms with Crippen molar-refractivity contribution < 1.29 is 13.2 Å². The highest BCUT2D eigenvalue weighted by molar-refractivity contribution is 5.61. The summed E-state index contributed by atoms with van der Waals surface area (Å²) < 4.78 is 38.0. The first-order valence-corrected chi connectivity index (χ1v) is 6.03. The molecule has 0 aromatic heterocycles. The fraction of sp³-hybridized carbons (Fsp3) is 0.538. The van der Waals surface area contributed by atoms with E-state index in [1.165, 1.54) is 6.07 Å². The van der Waals surface area contributed by atoms with E-state index in [4.69, 9.17) is 5.73 Å². The molecule has 0 saturated heterocycles. The van der Waals surface area contributed by atoms with Gasteiger partial charge in [0.15, 0.2) is 0 Å². The first kappa shape index (κ1) is 13.2. The van der Waals surface area contributed by atoms with Gasteiger partial charge in [-0.25, -0.2) is 0 Å². The van der Waals surface area contributed by atoms with Gasteiger partial charge in [-0.15, -0.1) is 0 Å². The molecule has 1 heterocycles. The average molecular weight is 258 g/mol. The fourth-order valence-corrected chi connectivity index (χ4v) is 2.62. The molecule has 2 N–H and O–H groups in total. The normalized spacial score (nSPS) is 19.5. The second-order valence-electron chi connectivity index (χ2n) is 4.94. The summed E-state index contributed by atoms with van der Waals surface area (Å²) in [6.45, 7) is 4.50. The molecule has 1 aliphatic heterocycles. The van der Waals surface area contributed by atoms with Crippen LogP contribution >= 0.6 is 0 Å². The minimum atomic E-state index is -4.28. The second-order valence-corrected chi connectivity index (χ2v) is 4.94. The Morgan fingerprint density at radius 2 is 2.06 bits per heavy atom. The van der Waals surface area contributed by atoms with Gasteiger partial charge in [-0.1, -0.05) is 0 Å². The number of halogens is 3. The van der Waals surface area contributed by atoms with Crippen molar-refractivity contribution >= 4 is 5.69 Å². The van der Waals surface area contributed by atoms with Crippen LogP contribution in [-0.2, 0) is 12.6 Å². The summed E-state index contributed by atoms with van der Waals surface area (Å²) in [6.07, 6.45) is -3.69. The lowest BCUT2D eigenvalue weighted by Crippen LogP contribution is -2.42. The van der Waals surface area contributed by atoms with Crippen LogP contribution in [0.5, 0.6) is 0 Å². The maximum atomic E-state index is 12.7. The zero-order valence-electron chi connectivity index (χ0n) is 10.5. The summed E-state index contributed by atoms with van der Waals surface area (Å²) >= 11 is 0. The van der Waals surface area contributed by atoms with Crippen LogP contribution in [0.4, 0.5) is 18.9 Å². The summed E-state index contributed by atoms with van der Waals surface area (Å²) in [4.78, 5) is 2.11. The van der Waals surface area contributed by atoms with E-state index in [9.17, 15) is 13.2 Å². The van der Waals surface area contributed by atoms with Crippen molar-refractivity contribution in [2.75, 3.05) is 11.4 Å². The standard InChI is InChI=1S/C13H17F3N2/c1-8(2)18-11(7-17)6-9-5-10(13(14,15)16)3-4-12(9)18/h3-5,8,11H,6-7,17H2,1-2H3. The third-order valence-electron chi connectivity index (χ3n) is 3.36. The lowest BCUT2D eigenvalue weighted by atomic mass is 10.1. The van der Waals surface area contributed by atoms with E-state index < -0.39 is 11.7 Å². The molecule has 2 rings (SSSR count). The summed E-state index contributed by atoms with van der Waals surface area (Å²) in [5.41, 5.74) is 6.75. The Labute approximate surface area is 105 Å². The Hall–Kier alpha value is -1.23. The zero-order chi connectivity index (χ0) is 13.5. The molecular weight excluding hydrogens is 241 g/mol. The Morgan fingerprint density at radius 1 is 1.39 bits per heavy atom. The molecule has 1 aromatic carbocycles. The minimum absolute atomic E-state index is 0.100. The molecule has 0 radical (unpaired) electrons. The van der Waals surface area contributed by atoms with Gasteiger partial charge in [0.2, 0.25) is 0 Å². The molecule has 0 spiro atoms. The molecule has 0 amide bonds. The van der Waals surface area contributed by atoms with E-state index >= 15 is 0 Å². The molecule has 1 aliphatic rings. The maximum Gasteiger partial charge on any atom is 0.416 e. The highest BCUT2D eigenvalue weighted by atomic mass is 19.4. The number of nitrogens with two attached hydrogens (primary N) is 1. The summed E-state index contributed by atoms with van der Waals surface area (Å²) in [5, 5.41) is 0. The van der Waals surface area contributed by atoms with Crippen LogP contribution in [0.3, 0.4) is 0 Å². The van der Waals surface area contributed by atoms with Crippen LogP contribution in [-0.4, -0.2) is 18.6 Å². The molecule has 0 saturated carbocycles. The lowest BCUT2D eigenvalue weighted by molar-refractivity contribution is -0.137. The number of fused-ring (bicyclic) bond motifs is 1. The van der Waals surface area contributed by atoms with Crippen LogP contribution in [0.2, 0.25) is 0 Å². The Balaban J connectivity index is 2.41. The summed E-state index contributed by atoms with van der Waals surface area (Å²) in [7, 11) is 0. The van der Waals surface area contributed by atoms with Crippen LogP contribution < -0.4 is 10.6 Å². The van der Waals surface area contributed by atoms with Gasteiger partial charge < -0.3 is 10.6 Å². The lowest BCUT2D eigenvalue weighted by Gasteiger charge is -2.30. The summed E-state index contributed by atoms with van der Waals surface area (Å²) in [6, 6.07) is 4.29. The van der Waals surface area contributed by atoms with Gasteiger partial charge in [0.05, 0.1) is 5.56 Å². The first-order valence-electron chi connectivity index (χ1n) is 6.03. The molecule has 0 aliphatic carbocycles. The fourth-order valence-electron chi connectivity index (χ4n) is 2.62. The zero-order valence-corrected chi connectivity index (χ0v) is 10.5. The monoisotopic (exact) mass is 258 g/mol. The predicted octanol–water partition coefficient (Wildman–Crippen LogP) is 2.80. The number of alkyl halides is 3. The number of benzene rings is 1. The van der Waals surface area contributed by atoms with Crippen molar-refractivity contribution in [3.63, 3.8) is 0 Å². The van der Waals surface area contributed by atoms with Crippen molar-refractivity contribution in [2.45, 2.75) is 38.5 Å². The molecule has 0 fully saturated rings. The number of rotatable bonds is 2. The number of anilines is 1. The van der Waals surface area contributed by atoms with Crippen molar-refractivity contribution in [1.82, 2.24) is 0 Å². The molecule has 18 heavy (non-hydrogen) atoms. The van der Waals surface area contributed by atoms with Gasteiger partial charge in [0.25, 0.3) is 0 Å². The Morgan fingerprint density at radius 3 is 2.56 bits per heavy atom. The summed E-state index contributed by atoms with van der Waals surface area (Å²) in [5.74, 6) is 0. The molecule has 1 unspecified atom stereocenters. The maximum absolute atomic E-state index is 12.7. The number of hydrogen-bond acceptors (Lipinski definition) is 2. The molecule has 1 aromatic rings. The topological polar surface area (TPSA) is 29.3 Å². The Bertz CT molecular complexity index is 440. The van der Waals surface area contributed by atoms with Gasteiger partial charge in [0.1, 0.15) is 0 Å².